The number of aromatic nitrogens is 4. The molecule has 0 amide bonds. The maximum atomic E-state index is 14.3. The fraction of sp³-hybridized carbons (Fsp3) is 0.480. The summed E-state index contributed by atoms with van der Waals surface area (Å²) in [4.78, 5) is 18.4. The standard InChI is InChI=1S/C17H15F3N4O3.C6H13NS.C2H6/c1-17(2,26)8-24-13-3-9(7-25)21-5-11(13)15(23-24)10-4-14(27-16(19)20)22-6-12(10)18;1-6(7-2)4-8(3)5-6;1-2/h3-7,16,26H,8H2,1-2H3;7H,3-5H2,1-2H3;1-2H3. The van der Waals surface area contributed by atoms with Crippen LogP contribution in [0.1, 0.15) is 45.1 Å². The minimum atomic E-state index is -3.11. The number of nitrogens with one attached hydrogen (secondary N) is 1. The molecule has 2 N–H and O–H groups in total. The number of alkyl halides is 2. The first-order valence-corrected chi connectivity index (χ1v) is 13.4. The third-order valence-corrected chi connectivity index (χ3v) is 7.35. The second kappa shape index (κ2) is 12.6. The highest BCUT2D eigenvalue weighted by atomic mass is 32.2. The Morgan fingerprint density at radius 1 is 1.30 bits per heavy atom. The normalized spacial score (nSPS) is 18.8. The van der Waals surface area contributed by atoms with Crippen molar-refractivity contribution in [1.29, 1.82) is 0 Å². The number of fused-ring (bicyclic) bond motifs is 1. The van der Waals surface area contributed by atoms with Gasteiger partial charge in [-0.3, -0.25) is 14.5 Å². The van der Waals surface area contributed by atoms with Crippen LogP contribution >= 0.6 is 10.5 Å². The monoisotopic (exact) mass is 541 g/mol. The smallest absolute Gasteiger partial charge is 0.388 e. The summed E-state index contributed by atoms with van der Waals surface area (Å²) < 4.78 is 44.8. The molecule has 0 bridgehead atoms. The number of rotatable bonds is 7. The second-order valence-electron chi connectivity index (χ2n) is 9.16. The predicted octanol–water partition coefficient (Wildman–Crippen LogP) is 4.52. The molecule has 1 fully saturated rings. The Kier molecular flexibility index (Phi) is 10.4. The summed E-state index contributed by atoms with van der Waals surface area (Å²) in [5.74, 6) is 5.24. The van der Waals surface area contributed by atoms with Crippen LogP contribution in [0.2, 0.25) is 0 Å². The van der Waals surface area contributed by atoms with Gasteiger partial charge >= 0.3 is 6.61 Å². The maximum absolute atomic E-state index is 14.3. The highest BCUT2D eigenvalue weighted by Crippen LogP contribution is 2.33. The molecular formula is C25H34F3N5O3S. The summed E-state index contributed by atoms with van der Waals surface area (Å²) in [6, 6.07) is 2.45. The maximum Gasteiger partial charge on any atom is 0.388 e. The lowest BCUT2D eigenvalue weighted by Crippen LogP contribution is -2.52. The summed E-state index contributed by atoms with van der Waals surface area (Å²) in [5, 5.41) is 18.0. The number of hydrogen-bond acceptors (Lipinski definition) is 7. The number of carbonyl (C=O) groups excluding carboxylic acids is 1. The lowest BCUT2D eigenvalue weighted by Gasteiger charge is -2.40. The van der Waals surface area contributed by atoms with Crippen molar-refractivity contribution in [3.05, 3.63) is 36.0 Å². The van der Waals surface area contributed by atoms with E-state index in [2.05, 4.69) is 37.9 Å². The zero-order valence-electron chi connectivity index (χ0n) is 21.9. The topological polar surface area (TPSA) is 102 Å². The minimum Gasteiger partial charge on any atom is -0.417 e. The van der Waals surface area contributed by atoms with Gasteiger partial charge in [-0.15, -0.1) is 0 Å². The number of hydrogen-bond donors (Lipinski definition) is 2. The van der Waals surface area contributed by atoms with Crippen molar-refractivity contribution in [1.82, 2.24) is 25.1 Å². The quantitative estimate of drug-likeness (QED) is 0.335. The molecule has 1 saturated heterocycles. The van der Waals surface area contributed by atoms with Gasteiger partial charge in [0.2, 0.25) is 5.88 Å². The molecule has 1 aliphatic heterocycles. The molecule has 37 heavy (non-hydrogen) atoms. The second-order valence-corrected chi connectivity index (χ2v) is 11.0. The molecular weight excluding hydrogens is 507 g/mol. The van der Waals surface area contributed by atoms with Crippen molar-refractivity contribution in [2.24, 2.45) is 0 Å². The van der Waals surface area contributed by atoms with E-state index in [1.807, 2.05) is 20.9 Å². The van der Waals surface area contributed by atoms with Crippen LogP contribution in [0.25, 0.3) is 22.2 Å². The van der Waals surface area contributed by atoms with Crippen LogP contribution in [0.3, 0.4) is 0 Å². The van der Waals surface area contributed by atoms with Gasteiger partial charge in [0.05, 0.1) is 23.9 Å². The Labute approximate surface area is 217 Å². The fourth-order valence-corrected chi connectivity index (χ4v) is 5.60. The van der Waals surface area contributed by atoms with E-state index >= 15 is 0 Å². The van der Waals surface area contributed by atoms with E-state index in [1.54, 1.807) is 13.8 Å². The summed E-state index contributed by atoms with van der Waals surface area (Å²) >= 11 is 0. The molecule has 204 valence electrons. The molecule has 0 spiro atoms. The van der Waals surface area contributed by atoms with E-state index in [4.69, 9.17) is 0 Å². The molecule has 0 aliphatic carbocycles. The minimum absolute atomic E-state index is 0.0406. The van der Waals surface area contributed by atoms with Crippen LogP contribution in [0.5, 0.6) is 5.88 Å². The zero-order valence-corrected chi connectivity index (χ0v) is 22.7. The third-order valence-electron chi connectivity index (χ3n) is 5.26. The van der Waals surface area contributed by atoms with Gasteiger partial charge in [-0.1, -0.05) is 19.7 Å². The van der Waals surface area contributed by atoms with Gasteiger partial charge in [0.15, 0.2) is 12.1 Å². The number of nitrogens with zero attached hydrogens (tertiary/aromatic N) is 4. The van der Waals surface area contributed by atoms with Crippen LogP contribution in [-0.2, 0) is 6.54 Å². The van der Waals surface area contributed by atoms with E-state index in [9.17, 15) is 23.1 Å². The van der Waals surface area contributed by atoms with Gasteiger partial charge < -0.3 is 15.2 Å². The number of carbonyl (C=O) groups is 1. The summed E-state index contributed by atoms with van der Waals surface area (Å²) in [7, 11) is 2.50. The molecule has 0 unspecified atom stereocenters. The number of pyridine rings is 2. The van der Waals surface area contributed by atoms with Gasteiger partial charge in [0.1, 0.15) is 11.4 Å². The summed E-state index contributed by atoms with van der Waals surface area (Å²) in [6.07, 6.45) is 2.62. The molecule has 3 aromatic rings. The fourth-order valence-electron chi connectivity index (χ4n) is 3.60. The van der Waals surface area contributed by atoms with Crippen LogP contribution in [0.4, 0.5) is 13.2 Å². The highest BCUT2D eigenvalue weighted by molar-refractivity contribution is 8.15. The van der Waals surface area contributed by atoms with Gasteiger partial charge in [-0.25, -0.2) is 9.37 Å². The van der Waals surface area contributed by atoms with Crippen molar-refractivity contribution in [2.75, 3.05) is 18.6 Å². The average Bonchev–Trinajstić information content (AvgIpc) is 3.16. The molecule has 0 radical (unpaired) electrons. The Morgan fingerprint density at radius 3 is 2.43 bits per heavy atom. The molecule has 1 aliphatic rings. The van der Waals surface area contributed by atoms with Crippen molar-refractivity contribution in [3.63, 3.8) is 0 Å². The molecule has 0 saturated carbocycles. The number of halogens is 3. The van der Waals surface area contributed by atoms with Crippen molar-refractivity contribution in [3.8, 4) is 17.1 Å². The molecule has 4 rings (SSSR count). The van der Waals surface area contributed by atoms with Crippen LogP contribution in [-0.4, -0.2) is 73.3 Å². The predicted molar refractivity (Wildman–Crippen MR) is 142 cm³/mol. The van der Waals surface area contributed by atoms with E-state index in [0.717, 1.165) is 12.3 Å². The first-order chi connectivity index (χ1) is 17.3. The SMILES string of the molecule is C=S1CC(C)(NC)C1.CC.CC(C)(O)Cn1nc(-c2cc(OC(F)F)ncc2F)c2cnc(C=O)cc21. The zero-order chi connectivity index (χ0) is 28.0. The highest BCUT2D eigenvalue weighted by Gasteiger charge is 2.32. The Bertz CT molecular complexity index is 1240. The Balaban J connectivity index is 0.000000406. The van der Waals surface area contributed by atoms with Gasteiger partial charge in [0.25, 0.3) is 0 Å². The van der Waals surface area contributed by atoms with Crippen LogP contribution in [0, 0.1) is 5.82 Å². The third kappa shape index (κ3) is 8.08. The first-order valence-electron chi connectivity index (χ1n) is 11.6. The molecule has 0 aromatic carbocycles. The summed E-state index contributed by atoms with van der Waals surface area (Å²) in [6.45, 7) is 6.30. The molecule has 0 atom stereocenters. The first kappa shape index (κ1) is 30.4. The van der Waals surface area contributed by atoms with E-state index in [0.29, 0.717) is 33.2 Å². The van der Waals surface area contributed by atoms with E-state index in [-0.39, 0.29) is 23.5 Å². The lowest BCUT2D eigenvalue weighted by molar-refractivity contribution is -0.0528. The van der Waals surface area contributed by atoms with Crippen molar-refractivity contribution < 1.29 is 27.8 Å². The molecule has 4 heterocycles. The largest absolute Gasteiger partial charge is 0.417 e. The summed E-state index contributed by atoms with van der Waals surface area (Å²) in [5.41, 5.74) is -0.189. The van der Waals surface area contributed by atoms with Crippen LogP contribution < -0.4 is 10.1 Å². The Hall–Kier alpha value is -2.83. The molecule has 12 heteroatoms. The molecule has 3 aromatic heterocycles. The Morgan fingerprint density at radius 2 is 1.95 bits per heavy atom. The van der Waals surface area contributed by atoms with Crippen molar-refractivity contribution in [2.45, 2.75) is 58.9 Å². The molecule has 8 nitrogen and oxygen atoms in total. The average molecular weight is 542 g/mol. The van der Waals surface area contributed by atoms with Crippen LogP contribution in [0.15, 0.2) is 24.5 Å². The lowest BCUT2D eigenvalue weighted by atomic mass is 10.1. The van der Waals surface area contributed by atoms with Gasteiger partial charge in [-0.05, 0) is 33.9 Å². The van der Waals surface area contributed by atoms with Gasteiger partial charge in [-0.2, -0.15) is 24.4 Å². The van der Waals surface area contributed by atoms with Crippen molar-refractivity contribution >= 4 is 33.5 Å². The van der Waals surface area contributed by atoms with Gasteiger partial charge in [0, 0.05) is 40.3 Å². The van der Waals surface area contributed by atoms with E-state index < -0.39 is 23.9 Å². The number of aliphatic hydroxyl groups is 1. The van der Waals surface area contributed by atoms with E-state index in [1.165, 1.54) is 28.5 Å². The number of ether oxygens (including phenoxy) is 1. The number of aldehydes is 1.